The van der Waals surface area contributed by atoms with Crippen molar-refractivity contribution < 1.29 is 14.3 Å². The molecule has 0 unspecified atom stereocenters. The first-order valence-electron chi connectivity index (χ1n) is 8.54. The van der Waals surface area contributed by atoms with Crippen molar-refractivity contribution in [2.45, 2.75) is 0 Å². The van der Waals surface area contributed by atoms with Crippen LogP contribution in [-0.4, -0.2) is 50.8 Å². The second-order valence-corrected chi connectivity index (χ2v) is 6.89. The largest absolute Gasteiger partial charge is 0.454 e. The Labute approximate surface area is 157 Å². The molecule has 2 aromatic rings. The lowest BCUT2D eigenvalue weighted by atomic mass is 10.1. The van der Waals surface area contributed by atoms with Crippen LogP contribution in [0.3, 0.4) is 0 Å². The van der Waals surface area contributed by atoms with Crippen molar-refractivity contribution in [2.24, 2.45) is 0 Å². The van der Waals surface area contributed by atoms with Crippen molar-refractivity contribution in [3.05, 3.63) is 47.0 Å². The number of amides is 1. The molecule has 2 heterocycles. The Morgan fingerprint density at radius 2 is 1.81 bits per heavy atom. The molecule has 1 N–H and O–H groups in total. The number of hydrogen-bond acceptors (Lipinski definition) is 5. The summed E-state index contributed by atoms with van der Waals surface area (Å²) in [4.78, 5) is 17.2. The van der Waals surface area contributed by atoms with E-state index in [0.29, 0.717) is 22.1 Å². The summed E-state index contributed by atoms with van der Waals surface area (Å²) < 4.78 is 10.6. The number of benzene rings is 2. The number of piperazine rings is 1. The number of nitrogens with zero attached hydrogens (tertiary/aromatic N) is 2. The highest BCUT2D eigenvalue weighted by molar-refractivity contribution is 6.32. The first-order valence-corrected chi connectivity index (χ1v) is 8.92. The van der Waals surface area contributed by atoms with Crippen LogP contribution in [0.15, 0.2) is 36.4 Å². The van der Waals surface area contributed by atoms with E-state index in [1.807, 2.05) is 24.3 Å². The molecule has 2 aliphatic heterocycles. The third-order valence-electron chi connectivity index (χ3n) is 4.68. The van der Waals surface area contributed by atoms with Crippen LogP contribution >= 0.6 is 11.6 Å². The van der Waals surface area contributed by atoms with Crippen molar-refractivity contribution in [2.75, 3.05) is 50.2 Å². The fourth-order valence-corrected chi connectivity index (χ4v) is 3.39. The van der Waals surface area contributed by atoms with Gasteiger partial charge < -0.3 is 24.6 Å². The smallest absolute Gasteiger partial charge is 0.255 e. The molecular formula is C19H20ClN3O3. The van der Waals surface area contributed by atoms with Crippen molar-refractivity contribution in [1.82, 2.24) is 4.90 Å². The molecule has 4 rings (SSSR count). The maximum atomic E-state index is 12.5. The normalized spacial score (nSPS) is 16.6. The number of carbonyl (C=O) groups excluding carboxylic acids is 1. The summed E-state index contributed by atoms with van der Waals surface area (Å²) in [7, 11) is 2.14. The second kappa shape index (κ2) is 7.05. The zero-order valence-corrected chi connectivity index (χ0v) is 15.3. The predicted molar refractivity (Wildman–Crippen MR) is 102 cm³/mol. The van der Waals surface area contributed by atoms with Crippen LogP contribution in [0, 0.1) is 0 Å². The Bertz CT molecular complexity index is 818. The summed E-state index contributed by atoms with van der Waals surface area (Å²) in [6.45, 7) is 4.26. The van der Waals surface area contributed by atoms with Crippen LogP contribution in [0.5, 0.6) is 11.5 Å². The standard InChI is InChI=1S/C19H20ClN3O3/c1-22-6-8-23(9-7-22)15-4-2-14(3-5-15)21-19(24)13-10-16(20)18-17(11-13)25-12-26-18/h2-5,10-11H,6-9,12H2,1H3,(H,21,24). The number of hydrogen-bond donors (Lipinski definition) is 1. The van der Waals surface area contributed by atoms with Crippen LogP contribution in [-0.2, 0) is 0 Å². The molecule has 0 saturated carbocycles. The molecule has 6 nitrogen and oxygen atoms in total. The molecular weight excluding hydrogens is 354 g/mol. The fraction of sp³-hybridized carbons (Fsp3) is 0.316. The Morgan fingerprint density at radius 3 is 2.54 bits per heavy atom. The van der Waals surface area contributed by atoms with E-state index in [-0.39, 0.29) is 12.7 Å². The predicted octanol–water partition coefficient (Wildman–Crippen LogP) is 3.07. The molecule has 0 aromatic heterocycles. The quantitative estimate of drug-likeness (QED) is 0.896. The molecule has 2 aliphatic rings. The lowest BCUT2D eigenvalue weighted by Gasteiger charge is -2.34. The minimum Gasteiger partial charge on any atom is -0.454 e. The Hall–Kier alpha value is -2.44. The summed E-state index contributed by atoms with van der Waals surface area (Å²) in [5, 5.41) is 3.26. The van der Waals surface area contributed by atoms with Gasteiger partial charge in [0.1, 0.15) is 0 Å². The SMILES string of the molecule is CN1CCN(c2ccc(NC(=O)c3cc(Cl)c4c(c3)OCO4)cc2)CC1. The van der Waals surface area contributed by atoms with E-state index < -0.39 is 0 Å². The molecule has 0 bridgehead atoms. The van der Waals surface area contributed by atoms with Gasteiger partial charge in [-0.1, -0.05) is 11.6 Å². The van der Waals surface area contributed by atoms with E-state index in [2.05, 4.69) is 22.2 Å². The number of nitrogens with one attached hydrogen (secondary N) is 1. The van der Waals surface area contributed by atoms with Crippen molar-refractivity contribution in [1.29, 1.82) is 0 Å². The third kappa shape index (κ3) is 3.43. The van der Waals surface area contributed by atoms with Gasteiger partial charge in [-0.25, -0.2) is 0 Å². The van der Waals surface area contributed by atoms with E-state index in [0.717, 1.165) is 31.9 Å². The number of halogens is 1. The van der Waals surface area contributed by atoms with Crippen molar-refractivity contribution in [3.63, 3.8) is 0 Å². The van der Waals surface area contributed by atoms with Gasteiger partial charge in [-0.3, -0.25) is 4.79 Å². The fourth-order valence-electron chi connectivity index (χ4n) is 3.12. The van der Waals surface area contributed by atoms with E-state index in [1.54, 1.807) is 12.1 Å². The van der Waals surface area contributed by atoms with E-state index in [1.165, 1.54) is 5.69 Å². The van der Waals surface area contributed by atoms with Crippen LogP contribution in [0.1, 0.15) is 10.4 Å². The molecule has 1 amide bonds. The van der Waals surface area contributed by atoms with Crippen LogP contribution in [0.4, 0.5) is 11.4 Å². The molecule has 1 fully saturated rings. The number of ether oxygens (including phenoxy) is 2. The van der Waals surface area contributed by atoms with Gasteiger partial charge in [0.15, 0.2) is 11.5 Å². The lowest BCUT2D eigenvalue weighted by molar-refractivity contribution is 0.102. The first-order chi connectivity index (χ1) is 12.6. The minimum absolute atomic E-state index is 0.119. The lowest BCUT2D eigenvalue weighted by Crippen LogP contribution is -2.44. The zero-order valence-electron chi connectivity index (χ0n) is 14.5. The van der Waals surface area contributed by atoms with Gasteiger partial charge in [-0.2, -0.15) is 0 Å². The Kier molecular flexibility index (Phi) is 4.61. The molecule has 0 aliphatic carbocycles. The first kappa shape index (κ1) is 17.0. The summed E-state index contributed by atoms with van der Waals surface area (Å²) in [5.41, 5.74) is 2.34. The number of rotatable bonds is 3. The highest BCUT2D eigenvalue weighted by atomic mass is 35.5. The average molecular weight is 374 g/mol. The van der Waals surface area contributed by atoms with Crippen LogP contribution in [0.25, 0.3) is 0 Å². The molecule has 0 atom stereocenters. The van der Waals surface area contributed by atoms with Gasteiger partial charge in [0, 0.05) is 43.1 Å². The minimum atomic E-state index is -0.238. The van der Waals surface area contributed by atoms with E-state index >= 15 is 0 Å². The highest BCUT2D eigenvalue weighted by Gasteiger charge is 2.21. The zero-order chi connectivity index (χ0) is 18.1. The Balaban J connectivity index is 1.44. The number of anilines is 2. The van der Waals surface area contributed by atoms with Crippen molar-refractivity contribution in [3.8, 4) is 11.5 Å². The van der Waals surface area contributed by atoms with Gasteiger partial charge in [0.2, 0.25) is 6.79 Å². The summed E-state index contributed by atoms with van der Waals surface area (Å²) in [6, 6.07) is 11.1. The summed E-state index contributed by atoms with van der Waals surface area (Å²) in [6.07, 6.45) is 0. The molecule has 136 valence electrons. The van der Waals surface area contributed by atoms with Gasteiger partial charge in [-0.15, -0.1) is 0 Å². The van der Waals surface area contributed by atoms with Crippen LogP contribution < -0.4 is 19.7 Å². The van der Waals surface area contributed by atoms with Gasteiger partial charge in [0.25, 0.3) is 5.91 Å². The van der Waals surface area contributed by atoms with Gasteiger partial charge in [0.05, 0.1) is 5.02 Å². The topological polar surface area (TPSA) is 54.0 Å². The maximum Gasteiger partial charge on any atom is 0.255 e. The average Bonchev–Trinajstić information content (AvgIpc) is 3.12. The summed E-state index contributed by atoms with van der Waals surface area (Å²) >= 11 is 6.14. The monoisotopic (exact) mass is 373 g/mol. The summed E-state index contributed by atoms with van der Waals surface area (Å²) in [5.74, 6) is 0.741. The molecule has 1 saturated heterocycles. The van der Waals surface area contributed by atoms with E-state index in [4.69, 9.17) is 21.1 Å². The molecule has 7 heteroatoms. The van der Waals surface area contributed by atoms with Gasteiger partial charge in [-0.05, 0) is 43.4 Å². The third-order valence-corrected chi connectivity index (χ3v) is 4.96. The maximum absolute atomic E-state index is 12.5. The Morgan fingerprint density at radius 1 is 1.08 bits per heavy atom. The molecule has 26 heavy (non-hydrogen) atoms. The van der Waals surface area contributed by atoms with Crippen molar-refractivity contribution >= 4 is 28.9 Å². The van der Waals surface area contributed by atoms with Crippen LogP contribution in [0.2, 0.25) is 5.02 Å². The number of likely N-dealkylation sites (N-methyl/N-ethyl adjacent to an activating group) is 1. The molecule has 2 aromatic carbocycles. The molecule has 0 spiro atoms. The highest BCUT2D eigenvalue weighted by Crippen LogP contribution is 2.39. The molecule has 0 radical (unpaired) electrons. The van der Waals surface area contributed by atoms with Gasteiger partial charge >= 0.3 is 0 Å². The van der Waals surface area contributed by atoms with E-state index in [9.17, 15) is 4.79 Å². The number of carbonyl (C=O) groups is 1. The number of fused-ring (bicyclic) bond motifs is 1. The second-order valence-electron chi connectivity index (χ2n) is 6.48.